The number of carbonyl (C=O) groups is 2. The van der Waals surface area contributed by atoms with Gasteiger partial charge in [-0.05, 0) is 50.5 Å². The number of aromatic nitrogens is 3. The molecule has 36 heavy (non-hydrogen) atoms. The Morgan fingerprint density at radius 2 is 1.78 bits per heavy atom. The predicted molar refractivity (Wildman–Crippen MR) is 139 cm³/mol. The average molecular weight is 526 g/mol. The molecule has 3 aromatic rings. The number of halogens is 2. The highest BCUT2D eigenvalue weighted by Crippen LogP contribution is 2.35. The second kappa shape index (κ2) is 9.71. The fraction of sp³-hybridized carbons (Fsp3) is 0.333. The van der Waals surface area contributed by atoms with E-state index in [0.717, 1.165) is 37.7 Å². The number of aryl methyl sites for hydroxylation is 2. The third kappa shape index (κ3) is 4.10. The van der Waals surface area contributed by atoms with Gasteiger partial charge < -0.3 is 0 Å². The summed E-state index contributed by atoms with van der Waals surface area (Å²) in [6, 6.07) is 8.45. The smallest absolute Gasteiger partial charge is 0.294 e. The van der Waals surface area contributed by atoms with Gasteiger partial charge in [-0.1, -0.05) is 49.4 Å². The summed E-state index contributed by atoms with van der Waals surface area (Å²) in [5.74, 6) is -0.774. The maximum absolute atomic E-state index is 14.0. The van der Waals surface area contributed by atoms with Crippen LogP contribution < -0.4 is 10.1 Å². The fourth-order valence-electron chi connectivity index (χ4n) is 5.20. The van der Waals surface area contributed by atoms with E-state index in [-0.39, 0.29) is 28.8 Å². The zero-order valence-electron chi connectivity index (χ0n) is 20.2. The molecule has 1 saturated carbocycles. The number of aromatic amines is 1. The standard InChI is InChI=1S/C27H26Cl2N4O3/c1-3-21-22(26(35)33(30-21)18-11-12-19(28)20(29)14-18)23-24(31-13-7-8-16(2)15-31)27(36)32(25(23)34)17-9-5-4-6-10-17/h7-8,11-15,17H,3-6,9-10H2,1-2H3/p+1. The first-order chi connectivity index (χ1) is 17.3. The van der Waals surface area contributed by atoms with E-state index in [1.165, 1.54) is 9.58 Å². The lowest BCUT2D eigenvalue weighted by atomic mass is 9.94. The highest BCUT2D eigenvalue weighted by Gasteiger charge is 2.49. The van der Waals surface area contributed by atoms with Crippen molar-refractivity contribution in [2.75, 3.05) is 0 Å². The average Bonchev–Trinajstić information content (AvgIpc) is 3.33. The first-order valence-corrected chi connectivity index (χ1v) is 13.0. The molecule has 2 aromatic heterocycles. The van der Waals surface area contributed by atoms with Crippen molar-refractivity contribution in [1.29, 1.82) is 0 Å². The highest BCUT2D eigenvalue weighted by molar-refractivity contribution is 6.44. The molecule has 186 valence electrons. The van der Waals surface area contributed by atoms with E-state index in [1.54, 1.807) is 35.2 Å². The molecule has 0 saturated heterocycles. The Morgan fingerprint density at radius 3 is 2.44 bits per heavy atom. The quantitative estimate of drug-likeness (QED) is 0.387. The van der Waals surface area contributed by atoms with Crippen molar-refractivity contribution in [2.24, 2.45) is 0 Å². The lowest BCUT2D eigenvalue weighted by molar-refractivity contribution is -0.577. The SMILES string of the molecule is CCc1[nH]n(-c2ccc(Cl)c(Cl)c2)c(=O)c1C1=C([n+]2cccc(C)c2)C(=O)N(C2CCCCC2)C1=O. The predicted octanol–water partition coefficient (Wildman–Crippen LogP) is 4.70. The van der Waals surface area contributed by atoms with Crippen LogP contribution in [-0.4, -0.2) is 32.5 Å². The molecule has 1 N–H and O–H groups in total. The van der Waals surface area contributed by atoms with Gasteiger partial charge in [0.1, 0.15) is 5.57 Å². The van der Waals surface area contributed by atoms with E-state index in [0.29, 0.717) is 27.8 Å². The van der Waals surface area contributed by atoms with E-state index in [9.17, 15) is 14.4 Å². The second-order valence-electron chi connectivity index (χ2n) is 9.34. The first-order valence-electron chi connectivity index (χ1n) is 12.2. The summed E-state index contributed by atoms with van der Waals surface area (Å²) in [4.78, 5) is 43.1. The van der Waals surface area contributed by atoms with Crippen LogP contribution in [0.2, 0.25) is 10.0 Å². The van der Waals surface area contributed by atoms with Crippen molar-refractivity contribution in [2.45, 2.75) is 58.4 Å². The van der Waals surface area contributed by atoms with Crippen LogP contribution in [0.15, 0.2) is 47.5 Å². The molecule has 0 spiro atoms. The normalized spacial score (nSPS) is 16.9. The van der Waals surface area contributed by atoms with Gasteiger partial charge in [0.15, 0.2) is 12.4 Å². The largest absolute Gasteiger partial charge is 0.327 e. The number of rotatable bonds is 5. The molecule has 1 fully saturated rings. The molecule has 1 aliphatic carbocycles. The zero-order valence-corrected chi connectivity index (χ0v) is 21.7. The summed E-state index contributed by atoms with van der Waals surface area (Å²) >= 11 is 12.3. The molecule has 2 aliphatic rings. The molecular formula is C27H27Cl2N4O3+. The summed E-state index contributed by atoms with van der Waals surface area (Å²) in [5.41, 5.74) is 2.13. The summed E-state index contributed by atoms with van der Waals surface area (Å²) < 4.78 is 3.02. The van der Waals surface area contributed by atoms with E-state index in [4.69, 9.17) is 23.2 Å². The van der Waals surface area contributed by atoms with Crippen molar-refractivity contribution >= 4 is 46.3 Å². The van der Waals surface area contributed by atoms with Gasteiger partial charge >= 0.3 is 5.91 Å². The number of hydrogen-bond donors (Lipinski definition) is 1. The molecule has 0 unspecified atom stereocenters. The van der Waals surface area contributed by atoms with Gasteiger partial charge in [0.25, 0.3) is 17.2 Å². The third-order valence-electron chi connectivity index (χ3n) is 6.97. The van der Waals surface area contributed by atoms with Crippen LogP contribution in [0.25, 0.3) is 17.0 Å². The molecule has 2 amide bonds. The number of imide groups is 1. The summed E-state index contributed by atoms with van der Waals surface area (Å²) in [7, 11) is 0. The molecule has 0 bridgehead atoms. The lowest BCUT2D eigenvalue weighted by Crippen LogP contribution is -2.45. The van der Waals surface area contributed by atoms with E-state index in [1.807, 2.05) is 26.0 Å². The Hall–Kier alpha value is -3.16. The Kier molecular flexibility index (Phi) is 6.62. The van der Waals surface area contributed by atoms with Crippen molar-refractivity contribution in [1.82, 2.24) is 14.7 Å². The number of carbonyl (C=O) groups excluding carboxylic acids is 2. The van der Waals surface area contributed by atoms with Crippen molar-refractivity contribution < 1.29 is 14.2 Å². The number of H-pyrrole nitrogens is 1. The monoisotopic (exact) mass is 525 g/mol. The fourth-order valence-corrected chi connectivity index (χ4v) is 5.50. The molecule has 5 rings (SSSR count). The Morgan fingerprint density at radius 1 is 1.03 bits per heavy atom. The minimum absolute atomic E-state index is 0.137. The molecule has 3 heterocycles. The van der Waals surface area contributed by atoms with Gasteiger partial charge in [-0.2, -0.15) is 4.57 Å². The van der Waals surface area contributed by atoms with Crippen LogP contribution in [-0.2, 0) is 16.0 Å². The van der Waals surface area contributed by atoms with Crippen molar-refractivity contribution in [3.8, 4) is 5.69 Å². The minimum atomic E-state index is -0.419. The molecule has 7 nitrogen and oxygen atoms in total. The van der Waals surface area contributed by atoms with E-state index < -0.39 is 11.5 Å². The maximum Gasteiger partial charge on any atom is 0.327 e. The second-order valence-corrected chi connectivity index (χ2v) is 10.2. The molecule has 0 radical (unpaired) electrons. The number of hydrogen-bond acceptors (Lipinski definition) is 3. The van der Waals surface area contributed by atoms with Gasteiger partial charge in [0, 0.05) is 23.4 Å². The van der Waals surface area contributed by atoms with E-state index in [2.05, 4.69) is 5.10 Å². The van der Waals surface area contributed by atoms with Crippen LogP contribution in [0.4, 0.5) is 0 Å². The molecule has 0 atom stereocenters. The minimum Gasteiger partial charge on any atom is -0.294 e. The van der Waals surface area contributed by atoms with Crippen molar-refractivity contribution in [3.05, 3.63) is 79.9 Å². The molecule has 1 aromatic carbocycles. The zero-order chi connectivity index (χ0) is 25.6. The van der Waals surface area contributed by atoms with Crippen LogP contribution in [0, 0.1) is 6.92 Å². The highest BCUT2D eigenvalue weighted by atomic mass is 35.5. The molecular weight excluding hydrogens is 499 g/mol. The van der Waals surface area contributed by atoms with Gasteiger partial charge in [0.2, 0.25) is 0 Å². The summed E-state index contributed by atoms with van der Waals surface area (Å²) in [5, 5.41) is 3.81. The topological polar surface area (TPSA) is 79.1 Å². The number of benzene rings is 1. The summed E-state index contributed by atoms with van der Waals surface area (Å²) in [6.45, 7) is 3.82. The van der Waals surface area contributed by atoms with Gasteiger partial charge in [-0.15, -0.1) is 0 Å². The third-order valence-corrected chi connectivity index (χ3v) is 7.71. The van der Waals surface area contributed by atoms with Crippen LogP contribution in [0.1, 0.15) is 55.8 Å². The lowest BCUT2D eigenvalue weighted by Gasteiger charge is -2.29. The van der Waals surface area contributed by atoms with Crippen LogP contribution >= 0.6 is 23.2 Å². The molecule has 9 heteroatoms. The number of amides is 2. The van der Waals surface area contributed by atoms with Gasteiger partial charge in [-0.25, -0.2) is 4.68 Å². The Balaban J connectivity index is 1.74. The van der Waals surface area contributed by atoms with Crippen molar-refractivity contribution in [3.63, 3.8) is 0 Å². The summed E-state index contributed by atoms with van der Waals surface area (Å²) in [6.07, 6.45) is 8.60. The van der Waals surface area contributed by atoms with Gasteiger partial charge in [0.05, 0.1) is 21.3 Å². The Labute approximate surface area is 218 Å². The number of nitrogens with one attached hydrogen (secondary N) is 1. The first kappa shape index (κ1) is 24.5. The van der Waals surface area contributed by atoms with Crippen LogP contribution in [0.3, 0.4) is 0 Å². The van der Waals surface area contributed by atoms with Gasteiger partial charge in [-0.3, -0.25) is 24.4 Å². The van der Waals surface area contributed by atoms with E-state index >= 15 is 0 Å². The maximum atomic E-state index is 14.0. The van der Waals surface area contributed by atoms with Crippen LogP contribution in [0.5, 0.6) is 0 Å². The molecule has 1 aliphatic heterocycles. The Bertz CT molecular complexity index is 1460. The number of nitrogens with zero attached hydrogens (tertiary/aromatic N) is 3. The number of pyridine rings is 1.